The van der Waals surface area contributed by atoms with Crippen LogP contribution >= 0.6 is 23.4 Å². The number of carbonyl (C=O) groups is 1. The Bertz CT molecular complexity index is 1150. The van der Waals surface area contributed by atoms with Crippen LogP contribution in [0.1, 0.15) is 12.5 Å². The lowest BCUT2D eigenvalue weighted by Crippen LogP contribution is -2.14. The highest BCUT2D eigenvalue weighted by Gasteiger charge is 2.18. The van der Waals surface area contributed by atoms with Gasteiger partial charge in [0.15, 0.2) is 10.9 Å². The van der Waals surface area contributed by atoms with Gasteiger partial charge in [-0.25, -0.2) is 0 Å². The zero-order valence-corrected chi connectivity index (χ0v) is 17.5. The van der Waals surface area contributed by atoms with Crippen molar-refractivity contribution in [2.75, 3.05) is 11.1 Å². The highest BCUT2D eigenvalue weighted by molar-refractivity contribution is 7.99. The van der Waals surface area contributed by atoms with E-state index in [1.165, 1.54) is 11.8 Å². The minimum absolute atomic E-state index is 0.133. The number of para-hydroxylation sites is 1. The molecule has 0 unspecified atom stereocenters. The molecule has 8 heteroatoms. The molecule has 29 heavy (non-hydrogen) atoms. The molecule has 0 radical (unpaired) electrons. The predicted molar refractivity (Wildman–Crippen MR) is 116 cm³/mol. The second kappa shape index (κ2) is 8.31. The van der Waals surface area contributed by atoms with Crippen LogP contribution in [0.2, 0.25) is 5.02 Å². The van der Waals surface area contributed by atoms with E-state index in [4.69, 9.17) is 16.0 Å². The Labute approximate surface area is 177 Å². The Morgan fingerprint density at radius 1 is 1.21 bits per heavy atom. The first kappa shape index (κ1) is 19.5. The number of aryl methyl sites for hydroxylation is 1. The number of nitrogens with zero attached hydrogens (tertiary/aromatic N) is 3. The van der Waals surface area contributed by atoms with Gasteiger partial charge in [0, 0.05) is 22.6 Å². The largest absolute Gasteiger partial charge is 0.453 e. The minimum Gasteiger partial charge on any atom is -0.453 e. The summed E-state index contributed by atoms with van der Waals surface area (Å²) in [6, 6.07) is 15.2. The molecule has 0 bridgehead atoms. The van der Waals surface area contributed by atoms with Gasteiger partial charge >= 0.3 is 0 Å². The van der Waals surface area contributed by atoms with Crippen LogP contribution in [0.5, 0.6) is 0 Å². The number of amides is 1. The number of hydrogen-bond donors (Lipinski definition) is 1. The van der Waals surface area contributed by atoms with Crippen molar-refractivity contribution in [1.29, 1.82) is 0 Å². The van der Waals surface area contributed by atoms with E-state index in [1.54, 1.807) is 6.07 Å². The van der Waals surface area contributed by atoms with Crippen LogP contribution in [-0.2, 0) is 11.3 Å². The number of hydrogen-bond acceptors (Lipinski definition) is 5. The molecule has 0 aliphatic carbocycles. The lowest BCUT2D eigenvalue weighted by molar-refractivity contribution is -0.113. The van der Waals surface area contributed by atoms with Gasteiger partial charge in [0.1, 0.15) is 5.58 Å². The van der Waals surface area contributed by atoms with Crippen LogP contribution in [0.25, 0.3) is 22.6 Å². The molecule has 1 N–H and O–H groups in total. The zero-order chi connectivity index (χ0) is 20.4. The van der Waals surface area contributed by atoms with E-state index >= 15 is 0 Å². The van der Waals surface area contributed by atoms with E-state index in [0.29, 0.717) is 34.0 Å². The molecule has 4 aromatic rings. The summed E-state index contributed by atoms with van der Waals surface area (Å²) >= 11 is 7.44. The third-order valence-corrected chi connectivity index (χ3v) is 5.84. The minimum atomic E-state index is -0.133. The summed E-state index contributed by atoms with van der Waals surface area (Å²) in [4.78, 5) is 12.3. The average Bonchev–Trinajstić information content (AvgIpc) is 3.32. The first-order valence-electron chi connectivity index (χ1n) is 9.16. The van der Waals surface area contributed by atoms with Crippen LogP contribution in [-0.4, -0.2) is 26.4 Å². The average molecular weight is 427 g/mol. The van der Waals surface area contributed by atoms with E-state index in [1.807, 2.05) is 60.9 Å². The number of aromatic nitrogens is 3. The topological polar surface area (TPSA) is 73.0 Å². The highest BCUT2D eigenvalue weighted by atomic mass is 35.5. The number of thioether (sulfide) groups is 1. The van der Waals surface area contributed by atoms with Crippen LogP contribution in [0, 0.1) is 6.92 Å². The summed E-state index contributed by atoms with van der Waals surface area (Å²) in [7, 11) is 0. The van der Waals surface area contributed by atoms with E-state index in [9.17, 15) is 4.79 Å². The Balaban J connectivity index is 1.48. The SMILES string of the molecule is CCn1c(SCC(=O)Nc2ccc(C)c(Cl)c2)nnc1-c1cc2ccccc2o1. The predicted octanol–water partition coefficient (Wildman–Crippen LogP) is 5.40. The molecular formula is C21H19ClN4O2S. The molecule has 6 nitrogen and oxygen atoms in total. The maximum Gasteiger partial charge on any atom is 0.234 e. The van der Waals surface area contributed by atoms with E-state index in [0.717, 1.165) is 16.5 Å². The lowest BCUT2D eigenvalue weighted by atomic mass is 10.2. The molecule has 148 valence electrons. The van der Waals surface area contributed by atoms with Crippen LogP contribution in [0.15, 0.2) is 58.1 Å². The summed E-state index contributed by atoms with van der Waals surface area (Å²) in [5.41, 5.74) is 2.44. The van der Waals surface area contributed by atoms with Crippen molar-refractivity contribution >= 4 is 45.9 Å². The number of carbonyl (C=O) groups excluding carboxylic acids is 1. The zero-order valence-electron chi connectivity index (χ0n) is 16.0. The number of anilines is 1. The Hall–Kier alpha value is -2.77. The summed E-state index contributed by atoms with van der Waals surface area (Å²) in [6.45, 7) is 4.59. The molecule has 0 saturated heterocycles. The number of rotatable bonds is 6. The fraction of sp³-hybridized carbons (Fsp3) is 0.190. The third kappa shape index (κ3) is 4.16. The maximum absolute atomic E-state index is 12.3. The summed E-state index contributed by atoms with van der Waals surface area (Å²) in [6.07, 6.45) is 0. The number of furan rings is 1. The summed E-state index contributed by atoms with van der Waals surface area (Å²) < 4.78 is 7.85. The molecule has 0 aliphatic rings. The Kier molecular flexibility index (Phi) is 5.60. The van der Waals surface area contributed by atoms with Gasteiger partial charge in [0.2, 0.25) is 11.7 Å². The van der Waals surface area contributed by atoms with Crippen molar-refractivity contribution in [3.63, 3.8) is 0 Å². The number of fused-ring (bicyclic) bond motifs is 1. The molecule has 0 atom stereocenters. The fourth-order valence-corrected chi connectivity index (χ4v) is 3.94. The number of halogens is 1. The number of benzene rings is 2. The fourth-order valence-electron chi connectivity index (χ4n) is 2.95. The van der Waals surface area contributed by atoms with E-state index in [-0.39, 0.29) is 11.7 Å². The second-order valence-corrected chi connectivity index (χ2v) is 7.85. The molecule has 4 rings (SSSR count). The first-order valence-corrected chi connectivity index (χ1v) is 10.5. The molecule has 0 fully saturated rings. The molecule has 0 saturated carbocycles. The summed E-state index contributed by atoms with van der Waals surface area (Å²) in [5, 5.41) is 13.7. The normalized spacial score (nSPS) is 11.1. The highest BCUT2D eigenvalue weighted by Crippen LogP contribution is 2.29. The van der Waals surface area contributed by atoms with Crippen molar-refractivity contribution in [2.45, 2.75) is 25.5 Å². The molecular weight excluding hydrogens is 408 g/mol. The van der Waals surface area contributed by atoms with Gasteiger partial charge in [0.25, 0.3) is 0 Å². The van der Waals surface area contributed by atoms with Crippen LogP contribution in [0.3, 0.4) is 0 Å². The quantitative estimate of drug-likeness (QED) is 0.417. The van der Waals surface area contributed by atoms with Gasteiger partial charge in [-0.2, -0.15) is 0 Å². The standard InChI is InChI=1S/C21H19ClN4O2S/c1-3-26-20(18-10-14-6-4-5-7-17(14)28-18)24-25-21(26)29-12-19(27)23-15-9-8-13(2)16(22)11-15/h4-11H,3,12H2,1-2H3,(H,23,27). The Morgan fingerprint density at radius 2 is 2.03 bits per heavy atom. The first-order chi connectivity index (χ1) is 14.0. The second-order valence-electron chi connectivity index (χ2n) is 6.50. The van der Waals surface area contributed by atoms with Gasteiger partial charge in [-0.15, -0.1) is 10.2 Å². The van der Waals surface area contributed by atoms with E-state index < -0.39 is 0 Å². The lowest BCUT2D eigenvalue weighted by Gasteiger charge is -2.08. The molecule has 2 aromatic heterocycles. The van der Waals surface area contributed by atoms with Crippen LogP contribution < -0.4 is 5.32 Å². The molecule has 2 aromatic carbocycles. The molecule has 0 spiro atoms. The molecule has 1 amide bonds. The van der Waals surface area contributed by atoms with Gasteiger partial charge in [0.05, 0.1) is 5.75 Å². The van der Waals surface area contributed by atoms with Crippen molar-refractivity contribution in [1.82, 2.24) is 14.8 Å². The summed E-state index contributed by atoms with van der Waals surface area (Å²) in [5.74, 6) is 1.39. The van der Waals surface area contributed by atoms with Gasteiger partial charge in [-0.05, 0) is 43.7 Å². The monoisotopic (exact) mass is 426 g/mol. The van der Waals surface area contributed by atoms with Crippen molar-refractivity contribution in [3.05, 3.63) is 59.1 Å². The van der Waals surface area contributed by atoms with Gasteiger partial charge < -0.3 is 9.73 Å². The van der Waals surface area contributed by atoms with Crippen molar-refractivity contribution in [2.24, 2.45) is 0 Å². The molecule has 0 aliphatic heterocycles. The van der Waals surface area contributed by atoms with Gasteiger partial charge in [-0.1, -0.05) is 47.6 Å². The number of nitrogens with one attached hydrogen (secondary N) is 1. The van der Waals surface area contributed by atoms with Crippen molar-refractivity contribution in [3.8, 4) is 11.6 Å². The van der Waals surface area contributed by atoms with Crippen molar-refractivity contribution < 1.29 is 9.21 Å². The molecule has 2 heterocycles. The Morgan fingerprint density at radius 3 is 2.79 bits per heavy atom. The third-order valence-electron chi connectivity index (χ3n) is 4.47. The smallest absolute Gasteiger partial charge is 0.234 e. The van der Waals surface area contributed by atoms with Crippen LogP contribution in [0.4, 0.5) is 5.69 Å². The maximum atomic E-state index is 12.3. The van der Waals surface area contributed by atoms with Gasteiger partial charge in [-0.3, -0.25) is 9.36 Å². The van der Waals surface area contributed by atoms with E-state index in [2.05, 4.69) is 15.5 Å².